The van der Waals surface area contributed by atoms with Crippen LogP contribution in [0.3, 0.4) is 0 Å². The Morgan fingerprint density at radius 3 is 1.56 bits per heavy atom. The van der Waals surface area contributed by atoms with E-state index in [4.69, 9.17) is 34.2 Å². The number of rotatable bonds is 8. The van der Waals surface area contributed by atoms with Crippen LogP contribution in [0.4, 0.5) is 0 Å². The molecule has 2 heterocycles. The lowest BCUT2D eigenvalue weighted by molar-refractivity contribution is -0.0175. The second-order valence-electron chi connectivity index (χ2n) is 15.8. The monoisotopic (exact) mass is 587 g/mol. The highest BCUT2D eigenvalue weighted by Crippen LogP contribution is 2.54. The van der Waals surface area contributed by atoms with Gasteiger partial charge in [0.2, 0.25) is 10.0 Å². The number of sulfonamides is 1. The van der Waals surface area contributed by atoms with Crippen molar-refractivity contribution in [2.75, 3.05) is 19.5 Å². The molecule has 0 aromatic heterocycles. The minimum absolute atomic E-state index is 0.00600. The van der Waals surface area contributed by atoms with Crippen LogP contribution in [0.15, 0.2) is 0 Å². The first-order chi connectivity index (χ1) is 17.2. The Labute approximate surface area is 241 Å². The molecule has 2 fully saturated rings. The molecule has 0 amide bonds. The lowest BCUT2D eigenvalue weighted by Crippen LogP contribution is -2.42. The van der Waals surface area contributed by atoms with E-state index in [0.717, 1.165) is 6.26 Å². The molecule has 0 spiro atoms. The third-order valence-electron chi connectivity index (χ3n) is 7.96. The fourth-order valence-corrected chi connectivity index (χ4v) is 9.52. The maximum Gasteiger partial charge on any atom is 0.419 e. The third kappa shape index (κ3) is 9.05. The highest BCUT2D eigenvalue weighted by molar-refractivity contribution is 7.94. The molecule has 8 nitrogen and oxygen atoms in total. The molecular formula is C27H52B2NO7PS. The summed E-state index contributed by atoms with van der Waals surface area (Å²) in [6.07, 6.45) is 0.125. The van der Waals surface area contributed by atoms with Crippen LogP contribution in [0.25, 0.3) is 0 Å². The van der Waals surface area contributed by atoms with Gasteiger partial charge in [-0.3, -0.25) is 9.05 Å². The summed E-state index contributed by atoms with van der Waals surface area (Å²) in [5, 5.41) is 0. The van der Waals surface area contributed by atoms with E-state index in [2.05, 4.69) is 66.8 Å². The Morgan fingerprint density at radius 1 is 0.718 bits per heavy atom. The van der Waals surface area contributed by atoms with Crippen LogP contribution in [-0.4, -0.2) is 67.8 Å². The summed E-state index contributed by atoms with van der Waals surface area (Å²) in [6, 6.07) is -1.08. The molecule has 0 aromatic carbocycles. The van der Waals surface area contributed by atoms with E-state index < -0.39 is 35.9 Å². The zero-order valence-electron chi connectivity index (χ0n) is 26.4. The molecule has 4 radical (unpaired) electrons. The zero-order chi connectivity index (χ0) is 30.6. The van der Waals surface area contributed by atoms with E-state index in [9.17, 15) is 13.0 Å². The van der Waals surface area contributed by atoms with E-state index in [1.54, 1.807) is 0 Å². The van der Waals surface area contributed by atoms with E-state index >= 15 is 0 Å². The van der Waals surface area contributed by atoms with Crippen molar-refractivity contribution in [2.24, 2.45) is 45.3 Å². The number of hydrogen-bond acceptors (Lipinski definition) is 7. The fraction of sp³-hybridized carbons (Fsp3) is 1.00. The topological polar surface area (TPSA) is 100 Å². The van der Waals surface area contributed by atoms with Gasteiger partial charge >= 0.3 is 7.75 Å². The molecule has 2 aliphatic heterocycles. The van der Waals surface area contributed by atoms with Crippen molar-refractivity contribution in [1.29, 1.82) is 0 Å². The lowest BCUT2D eigenvalue weighted by atomic mass is 9.59. The van der Waals surface area contributed by atoms with Crippen LogP contribution in [0.5, 0.6) is 0 Å². The first-order valence-electron chi connectivity index (χ1n) is 13.9. The Hall–Kier alpha value is 0.110. The highest BCUT2D eigenvalue weighted by Gasteiger charge is 2.54. The van der Waals surface area contributed by atoms with Gasteiger partial charge in [-0.05, 0) is 39.4 Å². The molecular weight excluding hydrogens is 535 g/mol. The molecule has 0 bridgehead atoms. The van der Waals surface area contributed by atoms with Gasteiger partial charge < -0.3 is 9.47 Å². The molecule has 39 heavy (non-hydrogen) atoms. The highest BCUT2D eigenvalue weighted by atomic mass is 32.2. The molecule has 224 valence electrons. The van der Waals surface area contributed by atoms with Crippen LogP contribution < -0.4 is 4.49 Å². The molecule has 2 rings (SSSR count). The fourth-order valence-electron chi connectivity index (χ4n) is 6.69. The van der Waals surface area contributed by atoms with E-state index in [1.807, 2.05) is 20.8 Å². The minimum Gasteiger partial charge on any atom is -0.384 e. The Balaban J connectivity index is 2.35. The van der Waals surface area contributed by atoms with Crippen molar-refractivity contribution < 1.29 is 31.5 Å². The first-order valence-corrected chi connectivity index (χ1v) is 17.3. The van der Waals surface area contributed by atoms with Gasteiger partial charge in [-0.2, -0.15) is 0 Å². The smallest absolute Gasteiger partial charge is 0.384 e. The quantitative estimate of drug-likeness (QED) is 0.311. The number of nitrogens with one attached hydrogen (secondary N) is 1. The van der Waals surface area contributed by atoms with Gasteiger partial charge in [0.1, 0.15) is 15.7 Å². The van der Waals surface area contributed by atoms with Gasteiger partial charge in [-0.15, -0.1) is 4.49 Å². The second-order valence-corrected chi connectivity index (χ2v) is 19.6. The molecule has 2 unspecified atom stereocenters. The lowest BCUT2D eigenvalue weighted by Gasteiger charge is -2.41. The predicted octanol–water partition coefficient (Wildman–Crippen LogP) is 5.11. The largest absolute Gasteiger partial charge is 0.419 e. The average molecular weight is 587 g/mol. The van der Waals surface area contributed by atoms with Crippen molar-refractivity contribution in [2.45, 2.75) is 107 Å². The molecule has 1 N–H and O–H groups in total. The minimum atomic E-state index is -4.34. The van der Waals surface area contributed by atoms with E-state index in [0.29, 0.717) is 0 Å². The Bertz CT molecular complexity index is 998. The van der Waals surface area contributed by atoms with Crippen LogP contribution in [0, 0.1) is 45.3 Å². The van der Waals surface area contributed by atoms with Gasteiger partial charge in [-0.25, -0.2) is 13.0 Å². The van der Waals surface area contributed by atoms with Gasteiger partial charge in [0.15, 0.2) is 0 Å². The number of ether oxygens (including phenoxy) is 2. The van der Waals surface area contributed by atoms with E-state index in [1.165, 1.54) is 0 Å². The van der Waals surface area contributed by atoms with Crippen LogP contribution in [-0.2, 0) is 33.1 Å². The molecule has 0 aliphatic carbocycles. The maximum absolute atomic E-state index is 14.0. The Morgan fingerprint density at radius 2 is 1.15 bits per heavy atom. The van der Waals surface area contributed by atoms with Crippen LogP contribution in [0.1, 0.15) is 83.1 Å². The first kappa shape index (κ1) is 35.3. The summed E-state index contributed by atoms with van der Waals surface area (Å²) in [5.41, 5.74) is -0.871. The summed E-state index contributed by atoms with van der Waals surface area (Å²) < 4.78 is 64.7. The SMILES string of the molecule is [B][C@@H]1O[C@H](C(C)(C)C)[C@H](CO[P@](=O)(NS(C)(=O)=O)OC[C@H]2O[C@@H]([B])C(C(C)(C)C)[C@H]2C(C)(C)C)C1C(C)(C)C. The number of hydrogen-bond donors (Lipinski definition) is 1. The Kier molecular flexibility index (Phi) is 10.5. The molecule has 0 aromatic rings. The maximum atomic E-state index is 14.0. The third-order valence-corrected chi connectivity index (χ3v) is 11.2. The summed E-state index contributed by atoms with van der Waals surface area (Å²) in [7, 11) is 4.58. The summed E-state index contributed by atoms with van der Waals surface area (Å²) in [6.45, 7) is 24.8. The summed E-state index contributed by atoms with van der Waals surface area (Å²) in [4.78, 5) is 0. The van der Waals surface area contributed by atoms with Gasteiger partial charge in [0, 0.05) is 17.9 Å². The zero-order valence-corrected chi connectivity index (χ0v) is 28.1. The second kappa shape index (κ2) is 11.7. The predicted molar refractivity (Wildman–Crippen MR) is 158 cm³/mol. The van der Waals surface area contributed by atoms with Crippen LogP contribution in [0.2, 0.25) is 0 Å². The summed E-state index contributed by atoms with van der Waals surface area (Å²) >= 11 is 0. The van der Waals surface area contributed by atoms with Crippen molar-refractivity contribution >= 4 is 33.5 Å². The molecule has 9 atom stereocenters. The molecule has 12 heteroatoms. The van der Waals surface area contributed by atoms with Gasteiger partial charge in [0.25, 0.3) is 0 Å². The van der Waals surface area contributed by atoms with Gasteiger partial charge in [0.05, 0.1) is 31.7 Å². The van der Waals surface area contributed by atoms with Crippen molar-refractivity contribution in [3.63, 3.8) is 0 Å². The van der Waals surface area contributed by atoms with Gasteiger partial charge in [-0.1, -0.05) is 83.1 Å². The van der Waals surface area contributed by atoms with Crippen LogP contribution >= 0.6 is 7.75 Å². The summed E-state index contributed by atoms with van der Waals surface area (Å²) in [5.74, 6) is -0.396. The standard InChI is InChI=1S/C27H52B2NO7PS/c1-24(2,3)18-16(21(27(10,11)12)37-22(18)28)14-34-38(31,30-39(13,32)33)35-15-17-19(25(4,5)6)20(23(29)36-17)26(7,8)9/h16-23H,14-15H2,1-13H3,(H,30,31)/t16-,17-,18?,19+,20?,21+,22-,23-,38-/m1/s1. The van der Waals surface area contributed by atoms with Crippen molar-refractivity contribution in [1.82, 2.24) is 4.49 Å². The van der Waals surface area contributed by atoms with Crippen molar-refractivity contribution in [3.05, 3.63) is 0 Å². The molecule has 0 saturated carbocycles. The van der Waals surface area contributed by atoms with E-state index in [-0.39, 0.29) is 64.6 Å². The molecule has 2 aliphatic rings. The van der Waals surface area contributed by atoms with Crippen molar-refractivity contribution in [3.8, 4) is 0 Å². The normalized spacial score (nSPS) is 34.8. The molecule has 2 saturated heterocycles. The average Bonchev–Trinajstić information content (AvgIpc) is 3.19.